The Labute approximate surface area is 160 Å². The molecule has 2 rings (SSSR count). The summed E-state index contributed by atoms with van der Waals surface area (Å²) in [5.41, 5.74) is 0.815. The summed E-state index contributed by atoms with van der Waals surface area (Å²) in [5, 5.41) is 6.57. The van der Waals surface area contributed by atoms with Gasteiger partial charge in [0.15, 0.2) is 0 Å². The number of carbonyl (C=O) groups is 2. The lowest BCUT2D eigenvalue weighted by molar-refractivity contribution is -0.131. The second-order valence-electron chi connectivity index (χ2n) is 6.56. The first-order chi connectivity index (χ1) is 12.8. The van der Waals surface area contributed by atoms with Crippen LogP contribution in [0.15, 0.2) is 35.7 Å². The predicted molar refractivity (Wildman–Crippen MR) is 105 cm³/mol. The molecule has 1 saturated heterocycles. The van der Waals surface area contributed by atoms with Gasteiger partial charge < -0.3 is 10.6 Å². The number of hydrogen-bond donors (Lipinski definition) is 2. The third kappa shape index (κ3) is 6.18. The average molecular weight is 394 g/mol. The second kappa shape index (κ2) is 9.66. The maximum Gasteiger partial charge on any atom is 0.242 e. The summed E-state index contributed by atoms with van der Waals surface area (Å²) in [6.45, 7) is 4.53. The molecule has 0 aliphatic carbocycles. The largest absolute Gasteiger partial charge is 0.355 e. The van der Waals surface area contributed by atoms with Crippen molar-refractivity contribution in [2.24, 2.45) is 5.92 Å². The summed E-state index contributed by atoms with van der Waals surface area (Å²) in [4.78, 5) is 24.0. The molecule has 2 amide bonds. The van der Waals surface area contributed by atoms with Crippen LogP contribution in [0.25, 0.3) is 6.08 Å². The van der Waals surface area contributed by atoms with Crippen LogP contribution in [0.4, 0.5) is 0 Å². The number of benzene rings is 1. The van der Waals surface area contributed by atoms with E-state index in [1.807, 2.05) is 37.3 Å². The molecule has 1 unspecified atom stereocenters. The van der Waals surface area contributed by atoms with Crippen molar-refractivity contribution in [1.29, 1.82) is 0 Å². The lowest BCUT2D eigenvalue weighted by Crippen LogP contribution is -2.49. The third-order valence-corrected chi connectivity index (χ3v) is 6.08. The molecule has 1 heterocycles. The number of amides is 2. The number of carbonyl (C=O) groups excluding carboxylic acids is 2. The minimum absolute atomic E-state index is 0.203. The van der Waals surface area contributed by atoms with Crippen molar-refractivity contribution in [3.63, 3.8) is 0 Å². The van der Waals surface area contributed by atoms with Crippen LogP contribution in [0.5, 0.6) is 0 Å². The van der Waals surface area contributed by atoms with E-state index in [4.69, 9.17) is 0 Å². The molecule has 27 heavy (non-hydrogen) atoms. The van der Waals surface area contributed by atoms with Crippen molar-refractivity contribution >= 4 is 27.9 Å². The zero-order chi connectivity index (χ0) is 19.9. The molecule has 1 aliphatic rings. The Hall–Kier alpha value is -2.19. The molecule has 148 valence electrons. The molecule has 0 aromatic heterocycles. The Morgan fingerprint density at radius 2 is 1.85 bits per heavy atom. The number of sulfonamides is 1. The van der Waals surface area contributed by atoms with Crippen LogP contribution in [0.3, 0.4) is 0 Å². The topological polar surface area (TPSA) is 95.6 Å². The van der Waals surface area contributed by atoms with Crippen LogP contribution in [-0.2, 0) is 19.6 Å². The molecule has 0 bridgehead atoms. The summed E-state index contributed by atoms with van der Waals surface area (Å²) in [6, 6.07) is 8.62. The van der Waals surface area contributed by atoms with E-state index in [1.54, 1.807) is 13.0 Å². The zero-order valence-electron chi connectivity index (χ0n) is 15.7. The van der Waals surface area contributed by atoms with Gasteiger partial charge in [-0.1, -0.05) is 30.3 Å². The Balaban J connectivity index is 1.87. The first-order valence-corrected chi connectivity index (χ1v) is 10.6. The van der Waals surface area contributed by atoms with E-state index >= 15 is 0 Å². The summed E-state index contributed by atoms with van der Waals surface area (Å²) in [7, 11) is -3.52. The Kier molecular flexibility index (Phi) is 7.55. The molecule has 0 radical (unpaired) electrons. The van der Waals surface area contributed by atoms with Crippen molar-refractivity contribution in [3.05, 3.63) is 41.3 Å². The lowest BCUT2D eigenvalue weighted by Gasteiger charge is -2.30. The highest BCUT2D eigenvalue weighted by Crippen LogP contribution is 2.21. The molecular formula is C19H27N3O4S. The number of nitrogens with zero attached hydrogens (tertiary/aromatic N) is 1. The van der Waals surface area contributed by atoms with Crippen molar-refractivity contribution in [3.8, 4) is 0 Å². The maximum atomic E-state index is 12.5. The summed E-state index contributed by atoms with van der Waals surface area (Å²) in [5.74, 6) is -0.714. The fourth-order valence-electron chi connectivity index (χ4n) is 2.91. The first-order valence-electron chi connectivity index (χ1n) is 9.15. The standard InChI is InChI=1S/C19H27N3O4S/c1-3-20-18(23)15(2)21-19(24)17-9-12-22(13-10-17)27(25,26)14-11-16-7-5-4-6-8-16/h4-8,11,14-15,17H,3,9-10,12-13H2,1-2H3,(H,20,23)(H,21,24)/b14-11+. The smallest absolute Gasteiger partial charge is 0.242 e. The second-order valence-corrected chi connectivity index (χ2v) is 8.38. The van der Waals surface area contributed by atoms with Crippen LogP contribution in [0.1, 0.15) is 32.3 Å². The molecule has 1 atom stereocenters. The number of piperidine rings is 1. The highest BCUT2D eigenvalue weighted by atomic mass is 32.2. The zero-order valence-corrected chi connectivity index (χ0v) is 16.5. The van der Waals surface area contributed by atoms with E-state index in [-0.39, 0.29) is 30.8 Å². The van der Waals surface area contributed by atoms with Crippen LogP contribution in [0, 0.1) is 5.92 Å². The molecule has 0 saturated carbocycles. The van der Waals surface area contributed by atoms with E-state index in [9.17, 15) is 18.0 Å². The normalized spacial score (nSPS) is 17.6. The Bertz CT molecular complexity index is 769. The number of nitrogens with one attached hydrogen (secondary N) is 2. The quantitative estimate of drug-likeness (QED) is 0.731. The van der Waals surface area contributed by atoms with Gasteiger partial charge in [0.25, 0.3) is 0 Å². The minimum atomic E-state index is -3.52. The fourth-order valence-corrected chi connectivity index (χ4v) is 4.13. The van der Waals surface area contributed by atoms with Gasteiger partial charge in [0.1, 0.15) is 6.04 Å². The van der Waals surface area contributed by atoms with Crippen LogP contribution < -0.4 is 10.6 Å². The average Bonchev–Trinajstić information content (AvgIpc) is 2.67. The highest BCUT2D eigenvalue weighted by Gasteiger charge is 2.31. The predicted octanol–water partition coefficient (Wildman–Crippen LogP) is 1.34. The van der Waals surface area contributed by atoms with Crippen molar-refractivity contribution in [2.75, 3.05) is 19.6 Å². The minimum Gasteiger partial charge on any atom is -0.355 e. The highest BCUT2D eigenvalue weighted by molar-refractivity contribution is 7.92. The van der Waals surface area contributed by atoms with Gasteiger partial charge in [-0.25, -0.2) is 8.42 Å². The van der Waals surface area contributed by atoms with Crippen molar-refractivity contribution < 1.29 is 18.0 Å². The molecule has 1 aromatic rings. The number of rotatable bonds is 7. The maximum absolute atomic E-state index is 12.5. The van der Waals surface area contributed by atoms with E-state index in [0.717, 1.165) is 5.56 Å². The van der Waals surface area contributed by atoms with Gasteiger partial charge in [-0.3, -0.25) is 9.59 Å². The molecule has 1 aliphatic heterocycles. The molecule has 7 nitrogen and oxygen atoms in total. The van der Waals surface area contributed by atoms with E-state index in [2.05, 4.69) is 10.6 Å². The van der Waals surface area contributed by atoms with E-state index in [0.29, 0.717) is 19.4 Å². The fraction of sp³-hybridized carbons (Fsp3) is 0.474. The summed E-state index contributed by atoms with van der Waals surface area (Å²) < 4.78 is 26.3. The van der Waals surface area contributed by atoms with Crippen LogP contribution >= 0.6 is 0 Å². The van der Waals surface area contributed by atoms with Crippen LogP contribution in [0.2, 0.25) is 0 Å². The Morgan fingerprint density at radius 3 is 2.44 bits per heavy atom. The molecule has 8 heteroatoms. The van der Waals surface area contributed by atoms with Gasteiger partial charge in [0, 0.05) is 31.0 Å². The van der Waals surface area contributed by atoms with E-state index in [1.165, 1.54) is 9.71 Å². The third-order valence-electron chi connectivity index (χ3n) is 4.52. The van der Waals surface area contributed by atoms with E-state index < -0.39 is 16.1 Å². The molecule has 1 aromatic carbocycles. The molecule has 0 spiro atoms. The first kappa shape index (κ1) is 21.1. The van der Waals surface area contributed by atoms with Gasteiger partial charge in [0.2, 0.25) is 21.8 Å². The van der Waals surface area contributed by atoms with Crippen molar-refractivity contribution in [2.45, 2.75) is 32.7 Å². The van der Waals surface area contributed by atoms with Crippen LogP contribution in [-0.4, -0.2) is 50.2 Å². The lowest BCUT2D eigenvalue weighted by atomic mass is 9.97. The molecule has 2 N–H and O–H groups in total. The SMILES string of the molecule is CCNC(=O)C(C)NC(=O)C1CCN(S(=O)(=O)/C=C/c2ccccc2)CC1. The van der Waals surface area contributed by atoms with Gasteiger partial charge in [-0.15, -0.1) is 0 Å². The summed E-state index contributed by atoms with van der Waals surface area (Å²) in [6.07, 6.45) is 2.45. The van der Waals surface area contributed by atoms with Gasteiger partial charge in [-0.05, 0) is 38.3 Å². The van der Waals surface area contributed by atoms with Gasteiger partial charge in [-0.2, -0.15) is 4.31 Å². The Morgan fingerprint density at radius 1 is 1.22 bits per heavy atom. The molecule has 1 fully saturated rings. The van der Waals surface area contributed by atoms with Crippen molar-refractivity contribution in [1.82, 2.24) is 14.9 Å². The van der Waals surface area contributed by atoms with Gasteiger partial charge >= 0.3 is 0 Å². The number of likely N-dealkylation sites (N-methyl/N-ethyl adjacent to an activating group) is 1. The van der Waals surface area contributed by atoms with Gasteiger partial charge in [0.05, 0.1) is 0 Å². The number of hydrogen-bond acceptors (Lipinski definition) is 4. The molecular weight excluding hydrogens is 366 g/mol. The summed E-state index contributed by atoms with van der Waals surface area (Å²) >= 11 is 0. The monoisotopic (exact) mass is 393 g/mol.